The predicted molar refractivity (Wildman–Crippen MR) is 79.1 cm³/mol. The van der Waals surface area contributed by atoms with Gasteiger partial charge in [0.05, 0.1) is 4.90 Å². The summed E-state index contributed by atoms with van der Waals surface area (Å²) in [5.41, 5.74) is 0.977. The second kappa shape index (κ2) is 5.13. The van der Waals surface area contributed by atoms with E-state index in [0.29, 0.717) is 17.0 Å². The molecule has 2 saturated heterocycles. The van der Waals surface area contributed by atoms with E-state index in [0.717, 1.165) is 18.4 Å². The number of hydrogen-bond donors (Lipinski definition) is 1. The van der Waals surface area contributed by atoms with Gasteiger partial charge in [-0.25, -0.2) is 8.42 Å². The van der Waals surface area contributed by atoms with Gasteiger partial charge in [0.25, 0.3) is 0 Å². The van der Waals surface area contributed by atoms with Crippen LogP contribution >= 0.6 is 0 Å². The highest BCUT2D eigenvalue weighted by Gasteiger charge is 2.38. The Hall–Kier alpha value is -0.910. The molecule has 0 aliphatic carbocycles. The fraction of sp³-hybridized carbons (Fsp3) is 0.600. The van der Waals surface area contributed by atoms with Crippen LogP contribution in [0.5, 0.6) is 0 Å². The smallest absolute Gasteiger partial charge is 0.243 e. The Balaban J connectivity index is 1.84. The number of aryl methyl sites for hydroxylation is 1. The van der Waals surface area contributed by atoms with Crippen molar-refractivity contribution in [2.24, 2.45) is 0 Å². The first kappa shape index (κ1) is 14.0. The van der Waals surface area contributed by atoms with Gasteiger partial charge in [-0.2, -0.15) is 4.31 Å². The van der Waals surface area contributed by atoms with E-state index in [1.54, 1.807) is 23.5 Å². The molecule has 1 aromatic rings. The molecule has 20 heavy (non-hydrogen) atoms. The van der Waals surface area contributed by atoms with Crippen LogP contribution in [0, 0.1) is 6.92 Å². The average Bonchev–Trinajstić information content (AvgIpc) is 2.76. The van der Waals surface area contributed by atoms with Crippen LogP contribution in [0.3, 0.4) is 0 Å². The zero-order valence-electron chi connectivity index (χ0n) is 12.0. The van der Waals surface area contributed by atoms with Crippen molar-refractivity contribution in [3.05, 3.63) is 29.8 Å². The standard InChI is InChI=1S/C15H22N2O2S/c1-11-4-3-5-15(8-11)20(18,19)17(2)14-9-12-6-7-13(10-14)16-12/h3-5,8,12-14,16H,6-7,9-10H2,1-2H3. The quantitative estimate of drug-likeness (QED) is 0.926. The van der Waals surface area contributed by atoms with E-state index < -0.39 is 10.0 Å². The van der Waals surface area contributed by atoms with Gasteiger partial charge in [-0.05, 0) is 50.3 Å². The molecule has 2 heterocycles. The molecular formula is C15H22N2O2S. The molecule has 2 fully saturated rings. The highest BCUT2D eigenvalue weighted by molar-refractivity contribution is 7.89. The maximum Gasteiger partial charge on any atom is 0.243 e. The molecule has 2 aliphatic rings. The highest BCUT2D eigenvalue weighted by Crippen LogP contribution is 2.31. The summed E-state index contributed by atoms with van der Waals surface area (Å²) in [6.07, 6.45) is 4.22. The lowest BCUT2D eigenvalue weighted by atomic mass is 10.0. The van der Waals surface area contributed by atoms with Crippen molar-refractivity contribution < 1.29 is 8.42 Å². The molecule has 110 valence electrons. The Kier molecular flexibility index (Phi) is 3.60. The summed E-state index contributed by atoms with van der Waals surface area (Å²) in [6.45, 7) is 1.92. The lowest BCUT2D eigenvalue weighted by molar-refractivity contribution is 0.251. The van der Waals surface area contributed by atoms with E-state index in [2.05, 4.69) is 5.32 Å². The lowest BCUT2D eigenvalue weighted by Crippen LogP contribution is -2.48. The Morgan fingerprint density at radius 2 is 1.85 bits per heavy atom. The van der Waals surface area contributed by atoms with Crippen LogP contribution in [0.1, 0.15) is 31.2 Å². The minimum Gasteiger partial charge on any atom is -0.311 e. The predicted octanol–water partition coefficient (Wildman–Crippen LogP) is 1.90. The van der Waals surface area contributed by atoms with E-state index in [4.69, 9.17) is 0 Å². The maximum absolute atomic E-state index is 12.7. The second-order valence-electron chi connectivity index (χ2n) is 6.10. The Labute approximate surface area is 121 Å². The minimum atomic E-state index is -3.37. The number of piperidine rings is 1. The number of hydrogen-bond acceptors (Lipinski definition) is 3. The van der Waals surface area contributed by atoms with Gasteiger partial charge in [-0.15, -0.1) is 0 Å². The van der Waals surface area contributed by atoms with Gasteiger partial charge in [0.2, 0.25) is 10.0 Å². The molecule has 0 amide bonds. The number of fused-ring (bicyclic) bond motifs is 2. The van der Waals surface area contributed by atoms with Crippen molar-refractivity contribution in [2.75, 3.05) is 7.05 Å². The third kappa shape index (κ3) is 2.50. The van der Waals surface area contributed by atoms with Gasteiger partial charge in [0.1, 0.15) is 0 Å². The van der Waals surface area contributed by atoms with Crippen molar-refractivity contribution in [1.82, 2.24) is 9.62 Å². The molecule has 3 rings (SSSR count). The SMILES string of the molecule is Cc1cccc(S(=O)(=O)N(C)C2CC3CCC(C2)N3)c1. The first-order valence-corrected chi connectivity index (χ1v) is 8.71. The van der Waals surface area contributed by atoms with Crippen molar-refractivity contribution in [1.29, 1.82) is 0 Å². The number of nitrogens with one attached hydrogen (secondary N) is 1. The zero-order valence-corrected chi connectivity index (χ0v) is 12.9. The van der Waals surface area contributed by atoms with Crippen LogP contribution in [0.4, 0.5) is 0 Å². The van der Waals surface area contributed by atoms with Gasteiger partial charge >= 0.3 is 0 Å². The van der Waals surface area contributed by atoms with Crippen LogP contribution in [-0.4, -0.2) is 37.9 Å². The van der Waals surface area contributed by atoms with Crippen molar-refractivity contribution in [2.45, 2.75) is 55.6 Å². The topological polar surface area (TPSA) is 49.4 Å². The third-order valence-electron chi connectivity index (χ3n) is 4.63. The van der Waals surface area contributed by atoms with Crippen LogP contribution < -0.4 is 5.32 Å². The average molecular weight is 294 g/mol. The number of benzene rings is 1. The zero-order chi connectivity index (χ0) is 14.3. The summed E-state index contributed by atoms with van der Waals surface area (Å²) in [5, 5.41) is 3.55. The fourth-order valence-electron chi connectivity index (χ4n) is 3.46. The third-order valence-corrected chi connectivity index (χ3v) is 6.53. The molecule has 0 aromatic heterocycles. The summed E-state index contributed by atoms with van der Waals surface area (Å²) in [6, 6.07) is 8.28. The van der Waals surface area contributed by atoms with E-state index in [9.17, 15) is 8.42 Å². The summed E-state index contributed by atoms with van der Waals surface area (Å²) in [7, 11) is -1.65. The molecule has 2 atom stereocenters. The van der Waals surface area contributed by atoms with Gasteiger partial charge in [0.15, 0.2) is 0 Å². The largest absolute Gasteiger partial charge is 0.311 e. The molecule has 0 radical (unpaired) electrons. The second-order valence-corrected chi connectivity index (χ2v) is 8.10. The molecular weight excluding hydrogens is 272 g/mol. The fourth-order valence-corrected chi connectivity index (χ4v) is 4.94. The van der Waals surface area contributed by atoms with E-state index in [1.807, 2.05) is 19.1 Å². The molecule has 5 heteroatoms. The monoisotopic (exact) mass is 294 g/mol. The van der Waals surface area contributed by atoms with Crippen LogP contribution in [-0.2, 0) is 10.0 Å². The minimum absolute atomic E-state index is 0.124. The van der Waals surface area contributed by atoms with Crippen LogP contribution in [0.25, 0.3) is 0 Å². The van der Waals surface area contributed by atoms with E-state index >= 15 is 0 Å². The molecule has 1 aromatic carbocycles. The Morgan fingerprint density at radius 1 is 1.20 bits per heavy atom. The van der Waals surface area contributed by atoms with Crippen molar-refractivity contribution >= 4 is 10.0 Å². The normalized spacial score (nSPS) is 29.9. The summed E-state index contributed by atoms with van der Waals surface area (Å²) in [4.78, 5) is 0.408. The first-order valence-electron chi connectivity index (χ1n) is 7.27. The molecule has 2 unspecified atom stereocenters. The number of sulfonamides is 1. The maximum atomic E-state index is 12.7. The molecule has 1 N–H and O–H groups in total. The van der Waals surface area contributed by atoms with Gasteiger partial charge in [0, 0.05) is 25.2 Å². The summed E-state index contributed by atoms with van der Waals surface area (Å²) in [5.74, 6) is 0. The highest BCUT2D eigenvalue weighted by atomic mass is 32.2. The molecule has 0 saturated carbocycles. The van der Waals surface area contributed by atoms with Crippen molar-refractivity contribution in [3.63, 3.8) is 0 Å². The Morgan fingerprint density at radius 3 is 2.45 bits per heavy atom. The lowest BCUT2D eigenvalue weighted by Gasteiger charge is -2.34. The molecule has 4 nitrogen and oxygen atoms in total. The van der Waals surface area contributed by atoms with Crippen molar-refractivity contribution in [3.8, 4) is 0 Å². The summed E-state index contributed by atoms with van der Waals surface area (Å²) >= 11 is 0. The molecule has 2 aliphatic heterocycles. The van der Waals surface area contributed by atoms with Gasteiger partial charge < -0.3 is 5.32 Å². The Bertz CT molecular complexity index is 588. The van der Waals surface area contributed by atoms with Gasteiger partial charge in [-0.1, -0.05) is 12.1 Å². The van der Waals surface area contributed by atoms with E-state index in [-0.39, 0.29) is 6.04 Å². The summed E-state index contributed by atoms with van der Waals surface area (Å²) < 4.78 is 27.0. The van der Waals surface area contributed by atoms with E-state index in [1.165, 1.54) is 12.8 Å². The van der Waals surface area contributed by atoms with Crippen LogP contribution in [0.2, 0.25) is 0 Å². The van der Waals surface area contributed by atoms with Gasteiger partial charge in [-0.3, -0.25) is 0 Å². The number of nitrogens with zero attached hydrogens (tertiary/aromatic N) is 1. The van der Waals surface area contributed by atoms with Crippen LogP contribution in [0.15, 0.2) is 29.2 Å². The molecule has 0 spiro atoms. The molecule has 2 bridgehead atoms. The number of rotatable bonds is 3. The first-order chi connectivity index (χ1) is 9.46.